The molecule has 0 bridgehead atoms. The van der Waals surface area contributed by atoms with E-state index in [1.54, 1.807) is 6.92 Å². The molecule has 0 aromatic carbocycles. The van der Waals surface area contributed by atoms with Crippen molar-refractivity contribution in [2.24, 2.45) is 23.3 Å². The van der Waals surface area contributed by atoms with E-state index < -0.39 is 11.4 Å². The highest BCUT2D eigenvalue weighted by Crippen LogP contribution is 2.27. The summed E-state index contributed by atoms with van der Waals surface area (Å²) in [7, 11) is 0. The predicted molar refractivity (Wildman–Crippen MR) is 79.6 cm³/mol. The quantitative estimate of drug-likeness (QED) is 0.721. The van der Waals surface area contributed by atoms with E-state index in [-0.39, 0.29) is 0 Å². The third-order valence-electron chi connectivity index (χ3n) is 4.67. The highest BCUT2D eigenvalue weighted by atomic mass is 16.1. The number of carbonyl (C=O) groups is 1. The highest BCUT2D eigenvalue weighted by Gasteiger charge is 2.29. The molecule has 4 unspecified atom stereocenters. The monoisotopic (exact) mass is 269 g/mol. The second-order valence-corrected chi connectivity index (χ2v) is 6.79. The number of rotatable bonds is 6. The van der Waals surface area contributed by atoms with Crippen molar-refractivity contribution in [3.05, 3.63) is 0 Å². The number of hydrogen-bond donors (Lipinski definition) is 2. The summed E-state index contributed by atoms with van der Waals surface area (Å²) >= 11 is 0. The molecule has 1 aliphatic heterocycles. The second kappa shape index (κ2) is 6.71. The number of primary amides is 1. The van der Waals surface area contributed by atoms with Crippen LogP contribution in [0.3, 0.4) is 0 Å². The number of amides is 1. The fraction of sp³-hybridized carbons (Fsp3) is 0.933. The SMILES string of the molecule is CC1CC(C)C(C)N(CCCCC(C)(N)C(N)=O)C1. The van der Waals surface area contributed by atoms with E-state index in [4.69, 9.17) is 11.5 Å². The molecule has 0 spiro atoms. The van der Waals surface area contributed by atoms with Gasteiger partial charge in [-0.25, -0.2) is 0 Å². The Balaban J connectivity index is 2.31. The minimum absolute atomic E-state index is 0.402. The highest BCUT2D eigenvalue weighted by molar-refractivity contribution is 5.83. The maximum absolute atomic E-state index is 11.1. The van der Waals surface area contributed by atoms with Crippen LogP contribution in [0.1, 0.15) is 53.4 Å². The van der Waals surface area contributed by atoms with Crippen LogP contribution in [-0.2, 0) is 4.79 Å². The first kappa shape index (κ1) is 16.4. The Morgan fingerprint density at radius 2 is 1.95 bits per heavy atom. The van der Waals surface area contributed by atoms with Gasteiger partial charge in [0.25, 0.3) is 0 Å². The molecule has 1 heterocycles. The third-order valence-corrected chi connectivity index (χ3v) is 4.67. The maximum Gasteiger partial charge on any atom is 0.237 e. The van der Waals surface area contributed by atoms with E-state index in [0.29, 0.717) is 12.5 Å². The van der Waals surface area contributed by atoms with Crippen LogP contribution in [0.2, 0.25) is 0 Å². The molecular formula is C15H31N3O. The zero-order valence-electron chi connectivity index (χ0n) is 13.0. The first-order valence-electron chi connectivity index (χ1n) is 7.57. The molecule has 0 radical (unpaired) electrons. The van der Waals surface area contributed by atoms with Crippen molar-refractivity contribution in [1.82, 2.24) is 4.90 Å². The van der Waals surface area contributed by atoms with E-state index in [2.05, 4.69) is 25.7 Å². The number of nitrogens with zero attached hydrogens (tertiary/aromatic N) is 1. The lowest BCUT2D eigenvalue weighted by atomic mass is 9.85. The molecule has 4 heteroatoms. The summed E-state index contributed by atoms with van der Waals surface area (Å²) in [4.78, 5) is 13.7. The average Bonchev–Trinajstić information content (AvgIpc) is 2.30. The van der Waals surface area contributed by atoms with Crippen LogP contribution in [0, 0.1) is 11.8 Å². The molecular weight excluding hydrogens is 238 g/mol. The van der Waals surface area contributed by atoms with Gasteiger partial charge in [0.1, 0.15) is 0 Å². The van der Waals surface area contributed by atoms with Gasteiger partial charge in [0.15, 0.2) is 0 Å². The molecule has 4 N–H and O–H groups in total. The summed E-state index contributed by atoms with van der Waals surface area (Å²) < 4.78 is 0. The molecule has 19 heavy (non-hydrogen) atoms. The molecule has 4 atom stereocenters. The first-order chi connectivity index (χ1) is 8.74. The molecule has 1 fully saturated rings. The zero-order chi connectivity index (χ0) is 14.6. The average molecular weight is 269 g/mol. The second-order valence-electron chi connectivity index (χ2n) is 6.79. The molecule has 4 nitrogen and oxygen atoms in total. The van der Waals surface area contributed by atoms with Crippen molar-refractivity contribution < 1.29 is 4.79 Å². The number of nitrogens with two attached hydrogens (primary N) is 2. The molecule has 0 aliphatic carbocycles. The fourth-order valence-corrected chi connectivity index (χ4v) is 3.06. The lowest BCUT2D eigenvalue weighted by Gasteiger charge is -2.41. The molecule has 1 rings (SSSR count). The van der Waals surface area contributed by atoms with Crippen LogP contribution in [0.15, 0.2) is 0 Å². The van der Waals surface area contributed by atoms with Gasteiger partial charge >= 0.3 is 0 Å². The Kier molecular flexibility index (Phi) is 5.81. The van der Waals surface area contributed by atoms with Crippen molar-refractivity contribution in [1.29, 1.82) is 0 Å². The standard InChI is InChI=1S/C15H31N3O/c1-11-9-12(2)13(3)18(10-11)8-6-5-7-15(4,17)14(16)19/h11-13H,5-10,17H2,1-4H3,(H2,16,19). The summed E-state index contributed by atoms with van der Waals surface area (Å²) in [6.45, 7) is 11.0. The summed E-state index contributed by atoms with van der Waals surface area (Å²) in [5.41, 5.74) is 10.3. The lowest BCUT2D eigenvalue weighted by Crippen LogP contribution is -2.49. The molecule has 112 valence electrons. The molecule has 1 aliphatic rings. The summed E-state index contributed by atoms with van der Waals surface area (Å²) in [6, 6.07) is 0.664. The minimum Gasteiger partial charge on any atom is -0.368 e. The third kappa shape index (κ3) is 4.77. The number of hydrogen-bond acceptors (Lipinski definition) is 3. The van der Waals surface area contributed by atoms with Gasteiger partial charge in [0, 0.05) is 12.6 Å². The topological polar surface area (TPSA) is 72.3 Å². The van der Waals surface area contributed by atoms with Gasteiger partial charge in [0.05, 0.1) is 5.54 Å². The van der Waals surface area contributed by atoms with Gasteiger partial charge in [-0.05, 0) is 57.9 Å². The van der Waals surface area contributed by atoms with Crippen LogP contribution in [0.5, 0.6) is 0 Å². The van der Waals surface area contributed by atoms with Crippen LogP contribution in [0.4, 0.5) is 0 Å². The Hall–Kier alpha value is -0.610. The van der Waals surface area contributed by atoms with E-state index in [0.717, 1.165) is 31.2 Å². The van der Waals surface area contributed by atoms with Gasteiger partial charge in [-0.1, -0.05) is 13.8 Å². The van der Waals surface area contributed by atoms with Crippen molar-refractivity contribution >= 4 is 5.91 Å². The van der Waals surface area contributed by atoms with Gasteiger partial charge in [-0.3, -0.25) is 4.79 Å². The van der Waals surface area contributed by atoms with Crippen LogP contribution >= 0.6 is 0 Å². The van der Waals surface area contributed by atoms with Crippen LogP contribution in [0.25, 0.3) is 0 Å². The number of carbonyl (C=O) groups excluding carboxylic acids is 1. The Bertz CT molecular complexity index is 304. The number of likely N-dealkylation sites (tertiary alicyclic amines) is 1. The van der Waals surface area contributed by atoms with Crippen molar-refractivity contribution in [2.75, 3.05) is 13.1 Å². The van der Waals surface area contributed by atoms with E-state index in [1.165, 1.54) is 13.0 Å². The van der Waals surface area contributed by atoms with Crippen molar-refractivity contribution in [3.8, 4) is 0 Å². The largest absolute Gasteiger partial charge is 0.368 e. The molecule has 0 aromatic rings. The molecule has 1 saturated heterocycles. The Morgan fingerprint density at radius 3 is 2.53 bits per heavy atom. The van der Waals surface area contributed by atoms with E-state index in [1.807, 2.05) is 0 Å². The lowest BCUT2D eigenvalue weighted by molar-refractivity contribution is -0.122. The van der Waals surface area contributed by atoms with Crippen LogP contribution < -0.4 is 11.5 Å². The molecule has 0 aromatic heterocycles. The Morgan fingerprint density at radius 1 is 1.32 bits per heavy atom. The summed E-state index contributed by atoms with van der Waals surface area (Å²) in [5.74, 6) is 1.16. The molecule has 0 saturated carbocycles. The summed E-state index contributed by atoms with van der Waals surface area (Å²) in [6.07, 6.45) is 4.06. The normalized spacial score (nSPS) is 31.9. The predicted octanol–water partition coefficient (Wildman–Crippen LogP) is 1.73. The van der Waals surface area contributed by atoms with Crippen LogP contribution in [-0.4, -0.2) is 35.5 Å². The fourth-order valence-electron chi connectivity index (χ4n) is 3.06. The smallest absolute Gasteiger partial charge is 0.237 e. The van der Waals surface area contributed by atoms with Gasteiger partial charge in [0.2, 0.25) is 5.91 Å². The van der Waals surface area contributed by atoms with Gasteiger partial charge in [-0.2, -0.15) is 0 Å². The zero-order valence-corrected chi connectivity index (χ0v) is 13.0. The first-order valence-corrected chi connectivity index (χ1v) is 7.57. The van der Waals surface area contributed by atoms with Crippen molar-refractivity contribution in [2.45, 2.75) is 65.0 Å². The van der Waals surface area contributed by atoms with E-state index >= 15 is 0 Å². The van der Waals surface area contributed by atoms with Gasteiger partial charge in [-0.15, -0.1) is 0 Å². The summed E-state index contributed by atoms with van der Waals surface area (Å²) in [5, 5.41) is 0. The number of unbranched alkanes of at least 4 members (excludes halogenated alkanes) is 1. The maximum atomic E-state index is 11.1. The minimum atomic E-state index is -0.853. The molecule has 1 amide bonds. The van der Waals surface area contributed by atoms with Crippen molar-refractivity contribution in [3.63, 3.8) is 0 Å². The van der Waals surface area contributed by atoms with E-state index in [9.17, 15) is 4.79 Å². The number of piperidine rings is 1. The Labute approximate surface area is 117 Å². The van der Waals surface area contributed by atoms with Gasteiger partial charge < -0.3 is 16.4 Å².